The Morgan fingerprint density at radius 2 is 1.93 bits per heavy atom. The van der Waals surface area contributed by atoms with Crippen LogP contribution in [0, 0.1) is 0 Å². The van der Waals surface area contributed by atoms with Crippen molar-refractivity contribution in [1.29, 1.82) is 0 Å². The number of allylic oxidation sites excluding steroid dienone is 3. The average molecular weight is 401 g/mol. The summed E-state index contributed by atoms with van der Waals surface area (Å²) < 4.78 is 2.15. The van der Waals surface area contributed by atoms with Crippen LogP contribution in [0.3, 0.4) is 0 Å². The molecular weight excluding hydrogens is 382 g/mol. The van der Waals surface area contributed by atoms with Crippen LogP contribution in [0.15, 0.2) is 47.0 Å². The number of hydrogen-bond acceptors (Lipinski definition) is 7. The molecule has 0 saturated carbocycles. The van der Waals surface area contributed by atoms with E-state index in [-0.39, 0.29) is 5.95 Å². The Kier molecular flexibility index (Phi) is 3.95. The molecular formula is C21H19N7S. The van der Waals surface area contributed by atoms with Gasteiger partial charge in [0.1, 0.15) is 5.82 Å². The van der Waals surface area contributed by atoms with Crippen molar-refractivity contribution in [2.75, 3.05) is 11.5 Å². The molecule has 0 fully saturated rings. The molecule has 7 nitrogen and oxygen atoms in total. The Labute approximate surface area is 171 Å². The SMILES string of the molecule is CC1=CCc2c(nc(-c3nccs3)n2-c2ccc3c(N)nc(N)nc3c2)C=C1C. The van der Waals surface area contributed by atoms with Gasteiger partial charge in [0.2, 0.25) is 5.95 Å². The summed E-state index contributed by atoms with van der Waals surface area (Å²) >= 11 is 1.57. The number of hydrogen-bond donors (Lipinski definition) is 2. The molecule has 1 aliphatic carbocycles. The standard InChI is InChI=1S/C21H19N7S/c1-11-3-6-17-16(9-12(11)2)25-19(20-24-7-8-29-20)28(17)13-4-5-14-15(10-13)26-21(23)27-18(14)22/h3-5,7-10H,6H2,1-2H3,(H4,22,23,26,27). The highest BCUT2D eigenvalue weighted by molar-refractivity contribution is 7.13. The van der Waals surface area contributed by atoms with Crippen LogP contribution in [0.2, 0.25) is 0 Å². The topological polar surface area (TPSA) is 109 Å². The zero-order valence-corrected chi connectivity index (χ0v) is 16.9. The summed E-state index contributed by atoms with van der Waals surface area (Å²) in [6, 6.07) is 5.91. The second kappa shape index (κ2) is 6.52. The number of thiazole rings is 1. The molecule has 144 valence electrons. The number of rotatable bonds is 2. The molecule has 0 saturated heterocycles. The summed E-state index contributed by atoms with van der Waals surface area (Å²) in [7, 11) is 0. The first-order valence-electron chi connectivity index (χ1n) is 9.21. The van der Waals surface area contributed by atoms with Crippen molar-refractivity contribution >= 4 is 40.1 Å². The molecule has 1 aliphatic rings. The van der Waals surface area contributed by atoms with Gasteiger partial charge in [-0.2, -0.15) is 4.98 Å². The van der Waals surface area contributed by atoms with Crippen LogP contribution in [-0.4, -0.2) is 24.5 Å². The summed E-state index contributed by atoms with van der Waals surface area (Å²) in [4.78, 5) is 17.9. The van der Waals surface area contributed by atoms with E-state index in [1.165, 1.54) is 11.1 Å². The van der Waals surface area contributed by atoms with E-state index in [0.29, 0.717) is 11.3 Å². The molecule has 0 amide bonds. The zero-order valence-electron chi connectivity index (χ0n) is 16.0. The maximum Gasteiger partial charge on any atom is 0.222 e. The smallest absolute Gasteiger partial charge is 0.222 e. The number of anilines is 2. The maximum atomic E-state index is 6.02. The van der Waals surface area contributed by atoms with Crippen LogP contribution in [0.5, 0.6) is 0 Å². The molecule has 3 aromatic heterocycles. The van der Waals surface area contributed by atoms with E-state index in [4.69, 9.17) is 16.5 Å². The van der Waals surface area contributed by atoms with Gasteiger partial charge in [0, 0.05) is 29.1 Å². The van der Waals surface area contributed by atoms with Crippen LogP contribution >= 0.6 is 11.3 Å². The Hall–Kier alpha value is -3.52. The van der Waals surface area contributed by atoms with E-state index in [2.05, 4.69) is 45.5 Å². The minimum Gasteiger partial charge on any atom is -0.383 e. The lowest BCUT2D eigenvalue weighted by Gasteiger charge is -2.12. The normalized spacial score (nSPS) is 13.7. The molecule has 3 heterocycles. The Bertz CT molecular complexity index is 1310. The highest BCUT2D eigenvalue weighted by atomic mass is 32.1. The van der Waals surface area contributed by atoms with E-state index in [0.717, 1.165) is 39.7 Å². The molecule has 0 spiro atoms. The van der Waals surface area contributed by atoms with Crippen LogP contribution in [0.4, 0.5) is 11.8 Å². The first-order valence-corrected chi connectivity index (χ1v) is 10.1. The monoisotopic (exact) mass is 401 g/mol. The van der Waals surface area contributed by atoms with Gasteiger partial charge in [-0.3, -0.25) is 4.57 Å². The Morgan fingerprint density at radius 1 is 1.07 bits per heavy atom. The Balaban J connectivity index is 1.80. The first kappa shape index (κ1) is 17.6. The molecule has 1 aromatic carbocycles. The van der Waals surface area contributed by atoms with Gasteiger partial charge >= 0.3 is 0 Å². The molecule has 5 rings (SSSR count). The lowest BCUT2D eigenvalue weighted by Crippen LogP contribution is -2.04. The second-order valence-corrected chi connectivity index (χ2v) is 7.92. The van der Waals surface area contributed by atoms with Crippen molar-refractivity contribution in [2.45, 2.75) is 20.3 Å². The second-order valence-electron chi connectivity index (χ2n) is 7.03. The van der Waals surface area contributed by atoms with Gasteiger partial charge in [-0.25, -0.2) is 15.0 Å². The van der Waals surface area contributed by atoms with E-state index >= 15 is 0 Å². The minimum absolute atomic E-state index is 0.161. The molecule has 0 unspecified atom stereocenters. The van der Waals surface area contributed by atoms with E-state index in [1.807, 2.05) is 23.6 Å². The van der Waals surface area contributed by atoms with Gasteiger partial charge in [0.15, 0.2) is 10.8 Å². The maximum absolute atomic E-state index is 6.02. The predicted octanol–water partition coefficient (Wildman–Crippen LogP) is 4.01. The summed E-state index contributed by atoms with van der Waals surface area (Å²) in [5.74, 6) is 1.35. The molecule has 0 aliphatic heterocycles. The third kappa shape index (κ3) is 2.89. The van der Waals surface area contributed by atoms with Crippen molar-refractivity contribution in [2.24, 2.45) is 0 Å². The number of benzene rings is 1. The van der Waals surface area contributed by atoms with E-state index in [9.17, 15) is 0 Å². The van der Waals surface area contributed by atoms with Gasteiger partial charge in [-0.15, -0.1) is 11.3 Å². The third-order valence-corrected chi connectivity index (χ3v) is 5.96. The summed E-state index contributed by atoms with van der Waals surface area (Å²) in [6.45, 7) is 4.24. The number of nitrogens with two attached hydrogens (primary N) is 2. The quantitative estimate of drug-likeness (QED) is 0.525. The zero-order chi connectivity index (χ0) is 20.1. The van der Waals surface area contributed by atoms with Crippen molar-refractivity contribution in [3.63, 3.8) is 0 Å². The lowest BCUT2D eigenvalue weighted by molar-refractivity contribution is 0.971. The summed E-state index contributed by atoms with van der Waals surface area (Å²) in [5.41, 5.74) is 18.0. The number of aromatic nitrogens is 5. The molecule has 0 bridgehead atoms. The number of nitrogens with zero attached hydrogens (tertiary/aromatic N) is 5. The molecule has 4 aromatic rings. The van der Waals surface area contributed by atoms with Crippen LogP contribution in [-0.2, 0) is 6.42 Å². The van der Waals surface area contributed by atoms with Crippen LogP contribution < -0.4 is 11.5 Å². The van der Waals surface area contributed by atoms with E-state index < -0.39 is 0 Å². The fourth-order valence-corrected chi connectivity index (χ4v) is 4.18. The highest BCUT2D eigenvalue weighted by Gasteiger charge is 2.21. The largest absolute Gasteiger partial charge is 0.383 e. The molecule has 8 heteroatoms. The average Bonchev–Trinajstić information content (AvgIpc) is 3.30. The van der Waals surface area contributed by atoms with Gasteiger partial charge in [0.25, 0.3) is 0 Å². The van der Waals surface area contributed by atoms with Crippen molar-refractivity contribution < 1.29 is 0 Å². The highest BCUT2D eigenvalue weighted by Crippen LogP contribution is 2.33. The first-order chi connectivity index (χ1) is 14.0. The van der Waals surface area contributed by atoms with Gasteiger partial charge in [-0.05, 0) is 43.7 Å². The number of fused-ring (bicyclic) bond motifs is 2. The molecule has 0 atom stereocenters. The summed E-state index contributed by atoms with van der Waals surface area (Å²) in [6.07, 6.45) is 6.95. The van der Waals surface area contributed by atoms with E-state index in [1.54, 1.807) is 17.5 Å². The minimum atomic E-state index is 0.161. The Morgan fingerprint density at radius 3 is 2.72 bits per heavy atom. The molecule has 29 heavy (non-hydrogen) atoms. The van der Waals surface area contributed by atoms with Gasteiger partial charge < -0.3 is 11.5 Å². The van der Waals surface area contributed by atoms with Crippen LogP contribution in [0.25, 0.3) is 33.5 Å². The van der Waals surface area contributed by atoms with Gasteiger partial charge in [-0.1, -0.05) is 11.6 Å². The molecule has 0 radical (unpaired) electrons. The predicted molar refractivity (Wildman–Crippen MR) is 118 cm³/mol. The van der Waals surface area contributed by atoms with Crippen LogP contribution in [0.1, 0.15) is 25.2 Å². The number of imidazole rings is 1. The third-order valence-electron chi connectivity index (χ3n) is 5.19. The summed E-state index contributed by atoms with van der Waals surface area (Å²) in [5, 5.41) is 3.60. The fraction of sp³-hybridized carbons (Fsp3) is 0.143. The van der Waals surface area contributed by atoms with Crippen molar-refractivity contribution in [1.82, 2.24) is 24.5 Å². The number of nitrogen functional groups attached to an aromatic ring is 2. The van der Waals surface area contributed by atoms with Gasteiger partial charge in [0.05, 0.1) is 16.9 Å². The molecule has 4 N–H and O–H groups in total. The van der Waals surface area contributed by atoms with Crippen molar-refractivity contribution in [3.05, 3.63) is 58.4 Å². The van der Waals surface area contributed by atoms with Crippen molar-refractivity contribution in [3.8, 4) is 16.5 Å². The fourth-order valence-electron chi connectivity index (χ4n) is 3.57. The lowest BCUT2D eigenvalue weighted by atomic mass is 10.1.